The third-order valence-electron chi connectivity index (χ3n) is 4.65. The fraction of sp³-hybridized carbons (Fsp3) is 0.150. The second-order valence-corrected chi connectivity index (χ2v) is 8.45. The summed E-state index contributed by atoms with van der Waals surface area (Å²) >= 11 is 0. The standard InChI is InChI=1S/C20H20N4O2S/c1-14-4-6-15(7-5-14)24-11-18(19-12-23(3)13-22-19)17-10-16(8-9-20(17)24)27(25,26)21-2/h4-13,21H,1-3H3. The molecule has 2 aromatic carbocycles. The highest BCUT2D eigenvalue weighted by Crippen LogP contribution is 2.33. The van der Waals surface area contributed by atoms with Crippen molar-refractivity contribution < 1.29 is 8.42 Å². The van der Waals surface area contributed by atoms with Crippen LogP contribution in [-0.2, 0) is 17.1 Å². The van der Waals surface area contributed by atoms with Gasteiger partial charge >= 0.3 is 0 Å². The van der Waals surface area contributed by atoms with Crippen LogP contribution in [0.15, 0.2) is 66.1 Å². The van der Waals surface area contributed by atoms with Gasteiger partial charge in [0.1, 0.15) is 0 Å². The molecule has 0 aliphatic rings. The van der Waals surface area contributed by atoms with E-state index >= 15 is 0 Å². The molecule has 27 heavy (non-hydrogen) atoms. The minimum atomic E-state index is -3.53. The summed E-state index contributed by atoms with van der Waals surface area (Å²) in [6, 6.07) is 13.4. The van der Waals surface area contributed by atoms with E-state index in [1.54, 1.807) is 18.5 Å². The van der Waals surface area contributed by atoms with Crippen LogP contribution in [0.1, 0.15) is 5.56 Å². The summed E-state index contributed by atoms with van der Waals surface area (Å²) in [5.74, 6) is 0. The van der Waals surface area contributed by atoms with Crippen molar-refractivity contribution in [3.8, 4) is 16.9 Å². The molecule has 0 unspecified atom stereocenters. The van der Waals surface area contributed by atoms with Crippen LogP contribution >= 0.6 is 0 Å². The average Bonchev–Trinajstić information content (AvgIpc) is 3.25. The van der Waals surface area contributed by atoms with Gasteiger partial charge in [0.2, 0.25) is 10.0 Å². The van der Waals surface area contributed by atoms with E-state index in [-0.39, 0.29) is 4.90 Å². The van der Waals surface area contributed by atoms with Crippen LogP contribution in [0.4, 0.5) is 0 Å². The highest BCUT2D eigenvalue weighted by Gasteiger charge is 2.18. The molecule has 138 valence electrons. The number of benzene rings is 2. The van der Waals surface area contributed by atoms with Gasteiger partial charge in [-0.05, 0) is 44.3 Å². The molecule has 4 aromatic rings. The molecule has 2 aromatic heterocycles. The number of nitrogens with zero attached hydrogens (tertiary/aromatic N) is 3. The number of aromatic nitrogens is 3. The Labute approximate surface area is 158 Å². The molecule has 0 aliphatic heterocycles. The molecule has 0 amide bonds. The predicted molar refractivity (Wildman–Crippen MR) is 106 cm³/mol. The fourth-order valence-electron chi connectivity index (χ4n) is 3.17. The summed E-state index contributed by atoms with van der Waals surface area (Å²) in [7, 11) is -0.207. The molecule has 0 saturated heterocycles. The van der Waals surface area contributed by atoms with E-state index in [9.17, 15) is 8.42 Å². The van der Waals surface area contributed by atoms with E-state index < -0.39 is 10.0 Å². The van der Waals surface area contributed by atoms with Crippen LogP contribution in [0.2, 0.25) is 0 Å². The lowest BCUT2D eigenvalue weighted by Crippen LogP contribution is -2.18. The van der Waals surface area contributed by atoms with Gasteiger partial charge in [-0.25, -0.2) is 18.1 Å². The number of imidazole rings is 1. The third-order valence-corrected chi connectivity index (χ3v) is 6.06. The molecule has 0 fully saturated rings. The van der Waals surface area contributed by atoms with Gasteiger partial charge in [-0.15, -0.1) is 0 Å². The number of sulfonamides is 1. The van der Waals surface area contributed by atoms with Gasteiger partial charge in [0, 0.05) is 36.1 Å². The Morgan fingerprint density at radius 1 is 1.04 bits per heavy atom. The number of aryl methyl sites for hydroxylation is 2. The lowest BCUT2D eigenvalue weighted by atomic mass is 10.1. The van der Waals surface area contributed by atoms with Crippen molar-refractivity contribution in [3.63, 3.8) is 0 Å². The lowest BCUT2D eigenvalue weighted by Gasteiger charge is -2.07. The van der Waals surface area contributed by atoms with Crippen molar-refractivity contribution in [2.75, 3.05) is 7.05 Å². The van der Waals surface area contributed by atoms with Crippen LogP contribution in [0.5, 0.6) is 0 Å². The van der Waals surface area contributed by atoms with Gasteiger partial charge < -0.3 is 9.13 Å². The van der Waals surface area contributed by atoms with E-state index in [1.807, 2.05) is 37.0 Å². The number of nitrogens with one attached hydrogen (secondary N) is 1. The van der Waals surface area contributed by atoms with Gasteiger partial charge in [-0.3, -0.25) is 0 Å². The number of rotatable bonds is 4. The highest BCUT2D eigenvalue weighted by atomic mass is 32.2. The zero-order chi connectivity index (χ0) is 19.2. The predicted octanol–water partition coefficient (Wildman–Crippen LogP) is 3.25. The van der Waals surface area contributed by atoms with Gasteiger partial charge in [0.25, 0.3) is 0 Å². The summed E-state index contributed by atoms with van der Waals surface area (Å²) in [6.45, 7) is 2.05. The first-order valence-corrected chi connectivity index (χ1v) is 10.0. The summed E-state index contributed by atoms with van der Waals surface area (Å²) in [5, 5.41) is 0.839. The van der Waals surface area contributed by atoms with Crippen LogP contribution in [0, 0.1) is 6.92 Å². The summed E-state index contributed by atoms with van der Waals surface area (Å²) in [5.41, 5.74) is 4.81. The minimum absolute atomic E-state index is 0.233. The van der Waals surface area contributed by atoms with Crippen molar-refractivity contribution in [1.29, 1.82) is 0 Å². The quantitative estimate of drug-likeness (QED) is 0.591. The van der Waals surface area contributed by atoms with E-state index in [2.05, 4.69) is 38.5 Å². The third kappa shape index (κ3) is 3.05. The van der Waals surface area contributed by atoms with Gasteiger partial charge in [-0.2, -0.15) is 0 Å². The second-order valence-electron chi connectivity index (χ2n) is 6.56. The van der Waals surface area contributed by atoms with E-state index in [0.29, 0.717) is 0 Å². The van der Waals surface area contributed by atoms with E-state index in [1.165, 1.54) is 12.6 Å². The normalized spacial score (nSPS) is 12.0. The molecular formula is C20H20N4O2S. The van der Waals surface area contributed by atoms with Crippen LogP contribution in [0.25, 0.3) is 27.8 Å². The van der Waals surface area contributed by atoms with Crippen molar-refractivity contribution in [2.24, 2.45) is 7.05 Å². The zero-order valence-corrected chi connectivity index (χ0v) is 16.2. The molecule has 1 N–H and O–H groups in total. The summed E-state index contributed by atoms with van der Waals surface area (Å²) < 4.78 is 30.9. The topological polar surface area (TPSA) is 68.9 Å². The highest BCUT2D eigenvalue weighted by molar-refractivity contribution is 7.89. The molecule has 2 heterocycles. The molecular weight excluding hydrogens is 360 g/mol. The monoisotopic (exact) mass is 380 g/mol. The van der Waals surface area contributed by atoms with Gasteiger partial charge in [0.05, 0.1) is 22.4 Å². The van der Waals surface area contributed by atoms with E-state index in [4.69, 9.17) is 0 Å². The Balaban J connectivity index is 2.01. The molecule has 0 radical (unpaired) electrons. The van der Waals surface area contributed by atoms with Crippen molar-refractivity contribution in [3.05, 3.63) is 66.7 Å². The number of hydrogen-bond donors (Lipinski definition) is 1. The molecule has 7 heteroatoms. The van der Waals surface area contributed by atoms with Crippen LogP contribution < -0.4 is 4.72 Å². The summed E-state index contributed by atoms with van der Waals surface area (Å²) in [6.07, 6.45) is 5.67. The summed E-state index contributed by atoms with van der Waals surface area (Å²) in [4.78, 5) is 4.69. The van der Waals surface area contributed by atoms with Gasteiger partial charge in [0.15, 0.2) is 0 Å². The molecule has 0 bridgehead atoms. The molecule has 0 atom stereocenters. The van der Waals surface area contributed by atoms with Crippen molar-refractivity contribution in [2.45, 2.75) is 11.8 Å². The molecule has 0 spiro atoms. The second kappa shape index (κ2) is 6.37. The average molecular weight is 380 g/mol. The maximum Gasteiger partial charge on any atom is 0.240 e. The maximum absolute atomic E-state index is 12.3. The van der Waals surface area contributed by atoms with E-state index in [0.717, 1.165) is 27.8 Å². The van der Waals surface area contributed by atoms with Gasteiger partial charge in [-0.1, -0.05) is 17.7 Å². The Morgan fingerprint density at radius 3 is 2.41 bits per heavy atom. The minimum Gasteiger partial charge on any atom is -0.340 e. The van der Waals surface area contributed by atoms with Crippen molar-refractivity contribution in [1.82, 2.24) is 18.8 Å². The first-order valence-electron chi connectivity index (χ1n) is 8.53. The first-order chi connectivity index (χ1) is 12.9. The molecule has 0 aliphatic carbocycles. The SMILES string of the molecule is CNS(=O)(=O)c1ccc2c(c1)c(-c1cn(C)cn1)cn2-c1ccc(C)cc1. The zero-order valence-electron chi connectivity index (χ0n) is 15.3. The maximum atomic E-state index is 12.3. The van der Waals surface area contributed by atoms with Crippen molar-refractivity contribution >= 4 is 20.9 Å². The molecule has 4 rings (SSSR count). The van der Waals surface area contributed by atoms with Crippen LogP contribution in [0.3, 0.4) is 0 Å². The first kappa shape index (κ1) is 17.5. The lowest BCUT2D eigenvalue weighted by molar-refractivity contribution is 0.588. The fourth-order valence-corrected chi connectivity index (χ4v) is 3.93. The Bertz CT molecular complexity index is 1230. The largest absolute Gasteiger partial charge is 0.340 e. The molecule has 6 nitrogen and oxygen atoms in total. The Hall–Kier alpha value is -2.90. The number of fused-ring (bicyclic) bond motifs is 1. The molecule has 0 saturated carbocycles. The van der Waals surface area contributed by atoms with Crippen LogP contribution in [-0.4, -0.2) is 29.6 Å². The Morgan fingerprint density at radius 2 is 1.78 bits per heavy atom. The smallest absolute Gasteiger partial charge is 0.240 e. The number of hydrogen-bond acceptors (Lipinski definition) is 3. The Kier molecular flexibility index (Phi) is 4.13.